The van der Waals surface area contributed by atoms with Gasteiger partial charge in [-0.3, -0.25) is 19.5 Å². The van der Waals surface area contributed by atoms with Crippen LogP contribution in [0.1, 0.15) is 49.1 Å². The highest BCUT2D eigenvalue weighted by Gasteiger charge is 2.47. The summed E-state index contributed by atoms with van der Waals surface area (Å²) in [5.74, 6) is -1.46. The number of methoxy groups -OCH3 is 1. The van der Waals surface area contributed by atoms with E-state index in [-0.39, 0.29) is 16.7 Å². The number of amides is 1. The Hall–Kier alpha value is -3.64. The lowest BCUT2D eigenvalue weighted by Crippen LogP contribution is -2.29. The summed E-state index contributed by atoms with van der Waals surface area (Å²) in [6.45, 7) is 8.00. The van der Waals surface area contributed by atoms with Crippen LogP contribution in [0.5, 0.6) is 5.75 Å². The number of hydrogen-bond acceptors (Lipinski definition) is 5. The fourth-order valence-corrected chi connectivity index (χ4v) is 4.36. The molecule has 35 heavy (non-hydrogen) atoms. The van der Waals surface area contributed by atoms with Crippen LogP contribution in [0.3, 0.4) is 0 Å². The average Bonchev–Trinajstić information content (AvgIpc) is 3.10. The molecule has 1 fully saturated rings. The third-order valence-corrected chi connectivity index (χ3v) is 6.61. The summed E-state index contributed by atoms with van der Waals surface area (Å²) in [6.07, 6.45) is 3.18. The molecule has 4 rings (SSSR count). The number of aliphatic hydroxyl groups is 1. The minimum absolute atomic E-state index is 0.0379. The molecule has 3 aromatic rings. The predicted octanol–water partition coefficient (Wildman–Crippen LogP) is 5.98. The zero-order valence-corrected chi connectivity index (χ0v) is 21.1. The maximum atomic E-state index is 13.4. The second kappa shape index (κ2) is 9.19. The van der Waals surface area contributed by atoms with E-state index >= 15 is 0 Å². The number of Topliss-reactive ketones (excluding diaryl/α,β-unsaturated/α-hetero) is 1. The summed E-state index contributed by atoms with van der Waals surface area (Å²) in [6, 6.07) is 13.2. The molecule has 0 radical (unpaired) electrons. The molecule has 2 aromatic carbocycles. The summed E-state index contributed by atoms with van der Waals surface area (Å²) in [4.78, 5) is 32.3. The first-order valence-electron chi connectivity index (χ1n) is 11.2. The van der Waals surface area contributed by atoms with Crippen molar-refractivity contribution in [3.8, 4) is 5.75 Å². The van der Waals surface area contributed by atoms with Crippen LogP contribution < -0.4 is 9.64 Å². The van der Waals surface area contributed by atoms with Crippen molar-refractivity contribution in [3.63, 3.8) is 0 Å². The number of rotatable bonds is 4. The Kier molecular flexibility index (Phi) is 6.43. The normalized spacial score (nSPS) is 17.7. The second-order valence-electron chi connectivity index (χ2n) is 9.55. The van der Waals surface area contributed by atoms with Crippen LogP contribution in [0.15, 0.2) is 66.5 Å². The minimum atomic E-state index is -0.898. The molecule has 1 N–H and O–H groups in total. The molecule has 1 unspecified atom stereocenters. The average molecular weight is 491 g/mol. The van der Waals surface area contributed by atoms with Crippen molar-refractivity contribution in [1.29, 1.82) is 0 Å². The second-order valence-corrected chi connectivity index (χ2v) is 9.96. The molecule has 180 valence electrons. The van der Waals surface area contributed by atoms with Crippen LogP contribution in [-0.2, 0) is 15.0 Å². The van der Waals surface area contributed by atoms with Gasteiger partial charge in [0.25, 0.3) is 11.7 Å². The molecule has 0 bridgehead atoms. The lowest BCUT2D eigenvalue weighted by atomic mass is 9.85. The molecule has 1 saturated heterocycles. The Morgan fingerprint density at radius 2 is 1.86 bits per heavy atom. The number of anilines is 1. The van der Waals surface area contributed by atoms with Gasteiger partial charge in [-0.1, -0.05) is 50.6 Å². The first kappa shape index (κ1) is 24.5. The maximum Gasteiger partial charge on any atom is 0.300 e. The first-order chi connectivity index (χ1) is 16.5. The predicted molar refractivity (Wildman–Crippen MR) is 137 cm³/mol. The van der Waals surface area contributed by atoms with E-state index in [0.29, 0.717) is 27.6 Å². The number of halogens is 1. The highest BCUT2D eigenvalue weighted by Crippen LogP contribution is 2.44. The summed E-state index contributed by atoms with van der Waals surface area (Å²) in [7, 11) is 1.49. The molecule has 0 aliphatic carbocycles. The first-order valence-corrected chi connectivity index (χ1v) is 11.6. The van der Waals surface area contributed by atoms with Crippen LogP contribution >= 0.6 is 11.6 Å². The lowest BCUT2D eigenvalue weighted by Gasteiger charge is -2.26. The molecule has 1 aliphatic heterocycles. The lowest BCUT2D eigenvalue weighted by molar-refractivity contribution is -0.132. The summed E-state index contributed by atoms with van der Waals surface area (Å²) < 4.78 is 5.50. The fraction of sp³-hybridized carbons (Fsp3) is 0.250. The van der Waals surface area contributed by atoms with Crippen molar-refractivity contribution in [2.75, 3.05) is 12.0 Å². The number of aliphatic hydroxyl groups excluding tert-OH is 1. The van der Waals surface area contributed by atoms with Gasteiger partial charge in [0.05, 0.1) is 24.3 Å². The van der Waals surface area contributed by atoms with Crippen LogP contribution in [0, 0.1) is 6.92 Å². The highest BCUT2D eigenvalue weighted by atomic mass is 35.5. The van der Waals surface area contributed by atoms with Gasteiger partial charge in [-0.05, 0) is 59.4 Å². The summed E-state index contributed by atoms with van der Waals surface area (Å²) in [5.41, 5.74) is 2.90. The number of hydrogen-bond donors (Lipinski definition) is 1. The Labute approximate surface area is 209 Å². The number of ketones is 1. The van der Waals surface area contributed by atoms with E-state index < -0.39 is 17.7 Å². The van der Waals surface area contributed by atoms with Crippen molar-refractivity contribution in [2.45, 2.75) is 39.2 Å². The third-order valence-electron chi connectivity index (χ3n) is 6.20. The molecule has 1 aliphatic rings. The topological polar surface area (TPSA) is 79.7 Å². The molecule has 1 aromatic heterocycles. The van der Waals surface area contributed by atoms with Crippen LogP contribution in [-0.4, -0.2) is 28.9 Å². The highest BCUT2D eigenvalue weighted by molar-refractivity contribution is 6.51. The van der Waals surface area contributed by atoms with Gasteiger partial charge < -0.3 is 9.84 Å². The number of aryl methyl sites for hydroxylation is 1. The van der Waals surface area contributed by atoms with Crippen molar-refractivity contribution in [1.82, 2.24) is 4.98 Å². The van der Waals surface area contributed by atoms with Crippen molar-refractivity contribution in [2.24, 2.45) is 0 Å². The molecule has 0 saturated carbocycles. The van der Waals surface area contributed by atoms with Gasteiger partial charge in [-0.2, -0.15) is 0 Å². The monoisotopic (exact) mass is 490 g/mol. The number of pyridine rings is 1. The van der Waals surface area contributed by atoms with Gasteiger partial charge in [0, 0.05) is 23.1 Å². The van der Waals surface area contributed by atoms with E-state index in [2.05, 4.69) is 4.98 Å². The van der Waals surface area contributed by atoms with Gasteiger partial charge in [-0.15, -0.1) is 0 Å². The van der Waals surface area contributed by atoms with Crippen LogP contribution in [0.2, 0.25) is 5.02 Å². The Morgan fingerprint density at radius 1 is 1.11 bits per heavy atom. The SMILES string of the molecule is COc1ccc(C(C)(C)C)cc1/C(O)=C1\C(=O)C(=O)N(c2ccc(C)c(Cl)c2)C1c1cccnc1. The molecule has 2 heterocycles. The summed E-state index contributed by atoms with van der Waals surface area (Å²) in [5, 5.41) is 12.0. The van der Waals surface area contributed by atoms with Gasteiger partial charge in [-0.25, -0.2) is 0 Å². The number of aromatic nitrogens is 1. The van der Waals surface area contributed by atoms with E-state index in [1.807, 2.05) is 33.8 Å². The number of benzene rings is 2. The summed E-state index contributed by atoms with van der Waals surface area (Å²) >= 11 is 6.35. The molecule has 1 atom stereocenters. The Morgan fingerprint density at radius 3 is 2.46 bits per heavy atom. The van der Waals surface area contributed by atoms with Gasteiger partial charge >= 0.3 is 0 Å². The number of carbonyl (C=O) groups is 2. The van der Waals surface area contributed by atoms with E-state index in [9.17, 15) is 14.7 Å². The third kappa shape index (κ3) is 4.42. The molecule has 1 amide bonds. The van der Waals surface area contributed by atoms with E-state index in [4.69, 9.17) is 16.3 Å². The fourth-order valence-electron chi connectivity index (χ4n) is 4.19. The van der Waals surface area contributed by atoms with Crippen molar-refractivity contribution < 1.29 is 19.4 Å². The standard InChI is InChI=1S/C28H27ClN2O4/c1-16-8-10-19(14-21(16)29)31-24(17-7-6-12-30-15-17)23(26(33)27(31)34)25(32)20-13-18(28(2,3)4)9-11-22(20)35-5/h6-15,24,32H,1-5H3/b25-23+. The Balaban J connectivity index is 1.99. The smallest absolute Gasteiger partial charge is 0.300 e. The van der Waals surface area contributed by atoms with E-state index in [1.54, 1.807) is 54.9 Å². The van der Waals surface area contributed by atoms with Gasteiger partial charge in [0.1, 0.15) is 11.5 Å². The van der Waals surface area contributed by atoms with Crippen molar-refractivity contribution in [3.05, 3.63) is 93.8 Å². The number of nitrogens with zero attached hydrogens (tertiary/aromatic N) is 2. The molecule has 6 nitrogen and oxygen atoms in total. The minimum Gasteiger partial charge on any atom is -0.507 e. The molecule has 0 spiro atoms. The number of carbonyl (C=O) groups excluding carboxylic acids is 2. The Bertz CT molecular complexity index is 1340. The maximum absolute atomic E-state index is 13.4. The van der Waals surface area contributed by atoms with E-state index in [0.717, 1.165) is 11.1 Å². The molecule has 7 heteroatoms. The van der Waals surface area contributed by atoms with Crippen LogP contribution in [0.4, 0.5) is 5.69 Å². The zero-order valence-electron chi connectivity index (χ0n) is 20.3. The van der Waals surface area contributed by atoms with Crippen LogP contribution in [0.25, 0.3) is 5.76 Å². The number of ether oxygens (including phenoxy) is 1. The molecular formula is C28H27ClN2O4. The zero-order chi connectivity index (χ0) is 25.5. The van der Waals surface area contributed by atoms with Gasteiger partial charge in [0.2, 0.25) is 0 Å². The largest absolute Gasteiger partial charge is 0.507 e. The van der Waals surface area contributed by atoms with Crippen molar-refractivity contribution >= 4 is 34.7 Å². The quantitative estimate of drug-likeness (QED) is 0.276. The van der Waals surface area contributed by atoms with E-state index in [1.165, 1.54) is 12.0 Å². The molecular weight excluding hydrogens is 464 g/mol. The van der Waals surface area contributed by atoms with Gasteiger partial charge in [0.15, 0.2) is 0 Å².